The third kappa shape index (κ3) is 4.05. The number of hydrogen-bond donors (Lipinski definition) is 2. The van der Waals surface area contributed by atoms with E-state index in [4.69, 9.17) is 33.0 Å². The summed E-state index contributed by atoms with van der Waals surface area (Å²) < 4.78 is 5.53. The average Bonchev–Trinajstić information content (AvgIpc) is 2.92. The first-order valence-electron chi connectivity index (χ1n) is 7.02. The van der Waals surface area contributed by atoms with Gasteiger partial charge in [0, 0.05) is 6.04 Å². The highest BCUT2D eigenvalue weighted by Crippen LogP contribution is 2.32. The highest BCUT2D eigenvalue weighted by atomic mass is 35.5. The van der Waals surface area contributed by atoms with E-state index in [1.165, 1.54) is 0 Å². The Morgan fingerprint density at radius 3 is 2.73 bits per heavy atom. The molecule has 0 aliphatic heterocycles. The van der Waals surface area contributed by atoms with Crippen LogP contribution in [0.5, 0.6) is 5.75 Å². The summed E-state index contributed by atoms with van der Waals surface area (Å²) in [5, 5.41) is 12.4. The number of aliphatic carboxylic acids is 1. The highest BCUT2D eigenvalue weighted by molar-refractivity contribution is 6.42. The molecule has 2 rings (SSSR count). The molecule has 2 N–H and O–H groups in total. The molecular weight excluding hydrogens is 329 g/mol. The molecule has 0 heterocycles. The molecule has 1 aromatic carbocycles. The summed E-state index contributed by atoms with van der Waals surface area (Å²) in [5.74, 6) is -1.16. The Kier molecular flexibility index (Phi) is 5.53. The molecule has 0 radical (unpaired) electrons. The first-order valence-corrected chi connectivity index (χ1v) is 7.78. The van der Waals surface area contributed by atoms with Crippen molar-refractivity contribution in [2.24, 2.45) is 5.92 Å². The Balaban J connectivity index is 1.90. The molecule has 1 aliphatic rings. The second-order valence-corrected chi connectivity index (χ2v) is 6.15. The van der Waals surface area contributed by atoms with Crippen LogP contribution < -0.4 is 10.1 Å². The van der Waals surface area contributed by atoms with E-state index in [2.05, 4.69) is 5.32 Å². The fourth-order valence-corrected chi connectivity index (χ4v) is 2.81. The molecule has 0 spiro atoms. The van der Waals surface area contributed by atoms with Crippen LogP contribution in [0.15, 0.2) is 18.2 Å². The number of carboxylic acids is 1. The van der Waals surface area contributed by atoms with Crippen LogP contribution in [0.25, 0.3) is 0 Å². The minimum atomic E-state index is -0.813. The fraction of sp³-hybridized carbons (Fsp3) is 0.467. The Bertz CT molecular complexity index is 579. The lowest BCUT2D eigenvalue weighted by Crippen LogP contribution is -2.41. The van der Waals surface area contributed by atoms with Gasteiger partial charge in [-0.1, -0.05) is 29.3 Å². The van der Waals surface area contributed by atoms with Crippen LogP contribution in [0, 0.1) is 5.92 Å². The van der Waals surface area contributed by atoms with Gasteiger partial charge in [-0.25, -0.2) is 0 Å². The summed E-state index contributed by atoms with van der Waals surface area (Å²) >= 11 is 11.9. The lowest BCUT2D eigenvalue weighted by atomic mass is 10.1. The monoisotopic (exact) mass is 345 g/mol. The number of amides is 1. The zero-order valence-corrected chi connectivity index (χ0v) is 13.5. The number of benzene rings is 1. The zero-order chi connectivity index (χ0) is 16.3. The smallest absolute Gasteiger partial charge is 0.306 e. The number of carbonyl (C=O) groups is 2. The van der Waals surface area contributed by atoms with E-state index in [1.54, 1.807) is 25.1 Å². The van der Waals surface area contributed by atoms with Gasteiger partial charge in [0.15, 0.2) is 6.10 Å². The number of rotatable bonds is 5. The van der Waals surface area contributed by atoms with Crippen LogP contribution >= 0.6 is 23.2 Å². The second kappa shape index (κ2) is 7.20. The van der Waals surface area contributed by atoms with E-state index in [0.717, 1.165) is 0 Å². The van der Waals surface area contributed by atoms with Crippen molar-refractivity contribution in [3.8, 4) is 5.75 Å². The van der Waals surface area contributed by atoms with Gasteiger partial charge in [-0.2, -0.15) is 0 Å². The molecule has 0 saturated heterocycles. The van der Waals surface area contributed by atoms with Gasteiger partial charge in [-0.15, -0.1) is 0 Å². The molecule has 5 nitrogen and oxygen atoms in total. The molecular formula is C15H17Cl2NO4. The van der Waals surface area contributed by atoms with E-state index in [-0.39, 0.29) is 22.9 Å². The quantitative estimate of drug-likeness (QED) is 0.859. The molecule has 1 unspecified atom stereocenters. The van der Waals surface area contributed by atoms with Gasteiger partial charge in [-0.3, -0.25) is 9.59 Å². The van der Waals surface area contributed by atoms with Crippen molar-refractivity contribution >= 4 is 35.1 Å². The standard InChI is InChI=1S/C15H17Cl2NO4/c1-8(22-12-4-2-3-11(16)13(12)17)14(19)18-10-6-5-9(7-10)15(20)21/h2-4,8-10H,5-7H2,1H3,(H,18,19)(H,20,21)/t8?,9-,10+/m1/s1. The van der Waals surface area contributed by atoms with Gasteiger partial charge in [-0.05, 0) is 38.3 Å². The summed E-state index contributed by atoms with van der Waals surface area (Å²) in [6.45, 7) is 1.61. The fourth-order valence-electron chi connectivity index (χ4n) is 2.47. The zero-order valence-electron chi connectivity index (χ0n) is 12.0. The molecule has 1 amide bonds. The van der Waals surface area contributed by atoms with E-state index >= 15 is 0 Å². The SMILES string of the molecule is CC(Oc1cccc(Cl)c1Cl)C(=O)N[C@H]1CC[C@@H](C(=O)O)C1. The van der Waals surface area contributed by atoms with Crippen LogP contribution in [-0.2, 0) is 9.59 Å². The second-order valence-electron chi connectivity index (χ2n) is 5.37. The number of nitrogens with one attached hydrogen (secondary N) is 1. The first kappa shape index (κ1) is 16.9. The number of carbonyl (C=O) groups excluding carboxylic acids is 1. The average molecular weight is 346 g/mol. The predicted molar refractivity (Wildman–Crippen MR) is 83.5 cm³/mol. The van der Waals surface area contributed by atoms with Crippen molar-refractivity contribution < 1.29 is 19.4 Å². The van der Waals surface area contributed by atoms with Gasteiger partial charge in [0.1, 0.15) is 10.8 Å². The van der Waals surface area contributed by atoms with E-state index in [1.807, 2.05) is 0 Å². The molecule has 22 heavy (non-hydrogen) atoms. The van der Waals surface area contributed by atoms with Gasteiger partial charge in [0.2, 0.25) is 0 Å². The van der Waals surface area contributed by atoms with Gasteiger partial charge < -0.3 is 15.2 Å². The van der Waals surface area contributed by atoms with E-state index in [9.17, 15) is 9.59 Å². The summed E-state index contributed by atoms with van der Waals surface area (Å²) in [6.07, 6.45) is 0.939. The summed E-state index contributed by atoms with van der Waals surface area (Å²) in [5.41, 5.74) is 0. The van der Waals surface area contributed by atoms with Crippen LogP contribution in [0.2, 0.25) is 10.0 Å². The van der Waals surface area contributed by atoms with Crippen molar-refractivity contribution in [1.29, 1.82) is 0 Å². The lowest BCUT2D eigenvalue weighted by Gasteiger charge is -2.19. The minimum Gasteiger partial charge on any atom is -0.481 e. The highest BCUT2D eigenvalue weighted by Gasteiger charge is 2.31. The molecule has 120 valence electrons. The molecule has 0 bridgehead atoms. The Morgan fingerprint density at radius 2 is 2.09 bits per heavy atom. The van der Waals surface area contributed by atoms with Gasteiger partial charge >= 0.3 is 5.97 Å². The van der Waals surface area contributed by atoms with Gasteiger partial charge in [0.25, 0.3) is 5.91 Å². The molecule has 7 heteroatoms. The number of ether oxygens (including phenoxy) is 1. The van der Waals surface area contributed by atoms with Crippen molar-refractivity contribution in [3.63, 3.8) is 0 Å². The number of halogens is 2. The number of hydrogen-bond acceptors (Lipinski definition) is 3. The Labute approximate surface area is 138 Å². The molecule has 1 aromatic rings. The van der Waals surface area contributed by atoms with Gasteiger partial charge in [0.05, 0.1) is 10.9 Å². The Morgan fingerprint density at radius 1 is 1.36 bits per heavy atom. The number of carboxylic acid groups (broad SMARTS) is 1. The van der Waals surface area contributed by atoms with Crippen molar-refractivity contribution in [1.82, 2.24) is 5.32 Å². The van der Waals surface area contributed by atoms with Crippen LogP contribution in [0.3, 0.4) is 0 Å². The third-order valence-electron chi connectivity index (χ3n) is 3.72. The molecule has 0 aromatic heterocycles. The maximum Gasteiger partial charge on any atom is 0.306 e. The van der Waals surface area contributed by atoms with Crippen LogP contribution in [0.4, 0.5) is 0 Å². The maximum absolute atomic E-state index is 12.1. The molecule has 1 fully saturated rings. The first-order chi connectivity index (χ1) is 10.4. The minimum absolute atomic E-state index is 0.130. The molecule has 3 atom stereocenters. The Hall–Kier alpha value is -1.46. The normalized spacial score (nSPS) is 22.1. The molecule has 1 saturated carbocycles. The molecule has 1 aliphatic carbocycles. The maximum atomic E-state index is 12.1. The topological polar surface area (TPSA) is 75.6 Å². The summed E-state index contributed by atoms with van der Waals surface area (Å²) in [4.78, 5) is 23.0. The van der Waals surface area contributed by atoms with E-state index in [0.29, 0.717) is 30.0 Å². The van der Waals surface area contributed by atoms with Crippen molar-refractivity contribution in [3.05, 3.63) is 28.2 Å². The van der Waals surface area contributed by atoms with Crippen LogP contribution in [-0.4, -0.2) is 29.1 Å². The van der Waals surface area contributed by atoms with Crippen molar-refractivity contribution in [2.45, 2.75) is 38.3 Å². The largest absolute Gasteiger partial charge is 0.481 e. The van der Waals surface area contributed by atoms with Crippen LogP contribution in [0.1, 0.15) is 26.2 Å². The van der Waals surface area contributed by atoms with Crippen molar-refractivity contribution in [2.75, 3.05) is 0 Å². The lowest BCUT2D eigenvalue weighted by molar-refractivity contribution is -0.141. The summed E-state index contributed by atoms with van der Waals surface area (Å²) in [7, 11) is 0. The predicted octanol–water partition coefficient (Wildman–Crippen LogP) is 3.13. The third-order valence-corrected chi connectivity index (χ3v) is 4.52. The summed E-state index contributed by atoms with van der Waals surface area (Å²) in [6, 6.07) is 4.82. The van der Waals surface area contributed by atoms with E-state index < -0.39 is 12.1 Å².